The molecule has 0 saturated heterocycles. The Balaban J connectivity index is 1.89. The summed E-state index contributed by atoms with van der Waals surface area (Å²) in [6, 6.07) is 6.13. The lowest BCUT2D eigenvalue weighted by Gasteiger charge is -2.22. The standard InChI is InChI=1S/C14H19BrN2O/c1-10-7-11(15)9-13(8-10)17-14(18)16-12-5-3-2-4-6-12/h7-9,12H,2-6H2,1H3,(H2,16,17,18). The second-order valence-electron chi connectivity index (χ2n) is 4.95. The lowest BCUT2D eigenvalue weighted by molar-refractivity contribution is 0.244. The van der Waals surface area contributed by atoms with E-state index >= 15 is 0 Å². The minimum absolute atomic E-state index is 0.0978. The number of benzene rings is 1. The van der Waals surface area contributed by atoms with E-state index in [2.05, 4.69) is 26.6 Å². The zero-order chi connectivity index (χ0) is 13.0. The van der Waals surface area contributed by atoms with Crippen molar-refractivity contribution in [1.82, 2.24) is 5.32 Å². The molecule has 0 radical (unpaired) electrons. The predicted octanol–water partition coefficient (Wildman–Crippen LogP) is 4.21. The van der Waals surface area contributed by atoms with Gasteiger partial charge in [0, 0.05) is 16.2 Å². The van der Waals surface area contributed by atoms with Gasteiger partial charge in [-0.1, -0.05) is 35.2 Å². The molecule has 0 atom stereocenters. The highest BCUT2D eigenvalue weighted by Crippen LogP contribution is 2.20. The molecule has 0 aromatic heterocycles. The Kier molecular flexibility index (Phi) is 4.64. The average molecular weight is 311 g/mol. The molecule has 1 aliphatic carbocycles. The number of halogens is 1. The molecular formula is C14H19BrN2O. The van der Waals surface area contributed by atoms with E-state index in [4.69, 9.17) is 0 Å². The van der Waals surface area contributed by atoms with Gasteiger partial charge in [0.2, 0.25) is 0 Å². The van der Waals surface area contributed by atoms with Crippen molar-refractivity contribution in [2.24, 2.45) is 0 Å². The highest BCUT2D eigenvalue weighted by atomic mass is 79.9. The van der Waals surface area contributed by atoms with E-state index in [0.29, 0.717) is 6.04 Å². The summed E-state index contributed by atoms with van der Waals surface area (Å²) < 4.78 is 0.982. The van der Waals surface area contributed by atoms with Gasteiger partial charge >= 0.3 is 6.03 Å². The summed E-state index contributed by atoms with van der Waals surface area (Å²) in [7, 11) is 0. The van der Waals surface area contributed by atoms with Crippen molar-refractivity contribution in [3.8, 4) is 0 Å². The summed E-state index contributed by atoms with van der Waals surface area (Å²) in [5.74, 6) is 0. The predicted molar refractivity (Wildman–Crippen MR) is 77.9 cm³/mol. The van der Waals surface area contributed by atoms with Crippen LogP contribution < -0.4 is 10.6 Å². The van der Waals surface area contributed by atoms with Crippen LogP contribution in [0.5, 0.6) is 0 Å². The Morgan fingerprint density at radius 3 is 2.61 bits per heavy atom. The number of hydrogen-bond acceptors (Lipinski definition) is 1. The summed E-state index contributed by atoms with van der Waals surface area (Å²) in [5.41, 5.74) is 1.95. The van der Waals surface area contributed by atoms with Gasteiger partial charge < -0.3 is 10.6 Å². The van der Waals surface area contributed by atoms with Gasteiger partial charge in [-0.05, 0) is 43.5 Å². The smallest absolute Gasteiger partial charge is 0.319 e. The van der Waals surface area contributed by atoms with Crippen LogP contribution in [0.25, 0.3) is 0 Å². The van der Waals surface area contributed by atoms with E-state index in [0.717, 1.165) is 28.6 Å². The maximum absolute atomic E-state index is 11.9. The number of carbonyl (C=O) groups excluding carboxylic acids is 1. The third-order valence-electron chi connectivity index (χ3n) is 3.24. The third-order valence-corrected chi connectivity index (χ3v) is 3.70. The molecule has 2 rings (SSSR count). The number of hydrogen-bond donors (Lipinski definition) is 2. The van der Waals surface area contributed by atoms with Gasteiger partial charge in [0.05, 0.1) is 0 Å². The highest BCUT2D eigenvalue weighted by Gasteiger charge is 2.15. The number of nitrogens with one attached hydrogen (secondary N) is 2. The number of aryl methyl sites for hydroxylation is 1. The van der Waals surface area contributed by atoms with E-state index in [1.807, 2.05) is 25.1 Å². The van der Waals surface area contributed by atoms with Crippen LogP contribution in [0.15, 0.2) is 22.7 Å². The van der Waals surface area contributed by atoms with Crippen molar-refractivity contribution in [2.75, 3.05) is 5.32 Å². The average Bonchev–Trinajstić information content (AvgIpc) is 2.28. The quantitative estimate of drug-likeness (QED) is 0.844. The van der Waals surface area contributed by atoms with Gasteiger partial charge in [-0.15, -0.1) is 0 Å². The lowest BCUT2D eigenvalue weighted by atomic mass is 9.96. The van der Waals surface area contributed by atoms with E-state index in [1.54, 1.807) is 0 Å². The summed E-state index contributed by atoms with van der Waals surface area (Å²) in [4.78, 5) is 11.9. The van der Waals surface area contributed by atoms with Crippen molar-refractivity contribution in [1.29, 1.82) is 0 Å². The Bertz CT molecular complexity index is 408. The normalized spacial score (nSPS) is 16.3. The molecule has 2 amide bonds. The maximum Gasteiger partial charge on any atom is 0.319 e. The molecule has 1 aromatic rings. The van der Waals surface area contributed by atoms with Crippen molar-refractivity contribution in [3.63, 3.8) is 0 Å². The molecule has 4 heteroatoms. The molecule has 1 fully saturated rings. The third kappa shape index (κ3) is 4.02. The summed E-state index contributed by atoms with van der Waals surface area (Å²) in [6.07, 6.45) is 5.95. The van der Waals surface area contributed by atoms with Crippen LogP contribution in [-0.4, -0.2) is 12.1 Å². The van der Waals surface area contributed by atoms with Crippen LogP contribution in [-0.2, 0) is 0 Å². The fraction of sp³-hybridized carbons (Fsp3) is 0.500. The van der Waals surface area contributed by atoms with Gasteiger partial charge in [-0.25, -0.2) is 4.79 Å². The molecule has 0 spiro atoms. The topological polar surface area (TPSA) is 41.1 Å². The number of amides is 2. The van der Waals surface area contributed by atoms with Crippen LogP contribution in [0.1, 0.15) is 37.7 Å². The fourth-order valence-electron chi connectivity index (χ4n) is 2.41. The molecule has 2 N–H and O–H groups in total. The number of rotatable bonds is 2. The van der Waals surface area contributed by atoms with Crippen molar-refractivity contribution >= 4 is 27.6 Å². The van der Waals surface area contributed by atoms with Crippen molar-refractivity contribution in [3.05, 3.63) is 28.2 Å². The second-order valence-corrected chi connectivity index (χ2v) is 5.87. The summed E-state index contributed by atoms with van der Waals surface area (Å²) in [5, 5.41) is 5.93. The minimum atomic E-state index is -0.0978. The lowest BCUT2D eigenvalue weighted by Crippen LogP contribution is -2.39. The zero-order valence-electron chi connectivity index (χ0n) is 10.6. The van der Waals surface area contributed by atoms with Crippen LogP contribution in [0.4, 0.5) is 10.5 Å². The first-order valence-corrected chi connectivity index (χ1v) is 7.27. The first kappa shape index (κ1) is 13.4. The van der Waals surface area contributed by atoms with Crippen molar-refractivity contribution in [2.45, 2.75) is 45.1 Å². The molecule has 0 unspecified atom stereocenters. The second kappa shape index (κ2) is 6.23. The number of anilines is 1. The molecule has 98 valence electrons. The SMILES string of the molecule is Cc1cc(Br)cc(NC(=O)NC2CCCCC2)c1. The molecule has 1 aromatic carbocycles. The number of urea groups is 1. The molecule has 18 heavy (non-hydrogen) atoms. The van der Waals surface area contributed by atoms with Crippen LogP contribution in [0, 0.1) is 6.92 Å². The molecular weight excluding hydrogens is 292 g/mol. The van der Waals surface area contributed by atoms with E-state index in [1.165, 1.54) is 19.3 Å². The van der Waals surface area contributed by atoms with E-state index in [9.17, 15) is 4.79 Å². The van der Waals surface area contributed by atoms with Gasteiger partial charge in [0.1, 0.15) is 0 Å². The van der Waals surface area contributed by atoms with Crippen LogP contribution in [0.3, 0.4) is 0 Å². The monoisotopic (exact) mass is 310 g/mol. The van der Waals surface area contributed by atoms with Crippen molar-refractivity contribution < 1.29 is 4.79 Å². The molecule has 3 nitrogen and oxygen atoms in total. The fourth-order valence-corrected chi connectivity index (χ4v) is 3.02. The Morgan fingerprint density at radius 2 is 1.94 bits per heavy atom. The molecule has 0 heterocycles. The van der Waals surface area contributed by atoms with Gasteiger partial charge in [-0.2, -0.15) is 0 Å². The highest BCUT2D eigenvalue weighted by molar-refractivity contribution is 9.10. The first-order chi connectivity index (χ1) is 8.63. The summed E-state index contributed by atoms with van der Waals surface area (Å²) in [6.45, 7) is 2.01. The van der Waals surface area contributed by atoms with Gasteiger partial charge in [-0.3, -0.25) is 0 Å². The van der Waals surface area contributed by atoms with Crippen LogP contribution in [0.2, 0.25) is 0 Å². The van der Waals surface area contributed by atoms with Gasteiger partial charge in [0.25, 0.3) is 0 Å². The van der Waals surface area contributed by atoms with Gasteiger partial charge in [0.15, 0.2) is 0 Å². The molecule has 0 bridgehead atoms. The molecule has 1 saturated carbocycles. The number of carbonyl (C=O) groups is 1. The Hall–Kier alpha value is -1.03. The maximum atomic E-state index is 11.9. The van der Waals surface area contributed by atoms with E-state index < -0.39 is 0 Å². The Morgan fingerprint density at radius 1 is 1.22 bits per heavy atom. The van der Waals surface area contributed by atoms with Crippen LogP contribution >= 0.6 is 15.9 Å². The molecule has 1 aliphatic rings. The zero-order valence-corrected chi connectivity index (χ0v) is 12.2. The largest absolute Gasteiger partial charge is 0.335 e. The first-order valence-electron chi connectivity index (χ1n) is 6.48. The minimum Gasteiger partial charge on any atom is -0.335 e. The summed E-state index contributed by atoms with van der Waals surface area (Å²) >= 11 is 3.43. The Labute approximate surface area is 116 Å². The molecule has 0 aliphatic heterocycles. The van der Waals surface area contributed by atoms with E-state index in [-0.39, 0.29) is 6.03 Å².